The van der Waals surface area contributed by atoms with E-state index in [4.69, 9.17) is 4.74 Å². The number of carbonyl (C=O) groups excluding carboxylic acids is 1. The number of hydrogen-bond acceptors (Lipinski definition) is 3. The minimum absolute atomic E-state index is 0.266. The van der Waals surface area contributed by atoms with Gasteiger partial charge < -0.3 is 9.84 Å². The van der Waals surface area contributed by atoms with Crippen molar-refractivity contribution < 1.29 is 14.6 Å². The molecule has 1 rings (SSSR count). The molecule has 0 bridgehead atoms. The molecule has 0 heterocycles. The molecule has 0 amide bonds. The average molecular weight is 214 g/mol. The van der Waals surface area contributed by atoms with Gasteiger partial charge in [-0.05, 0) is 31.6 Å². The average Bonchev–Trinajstić information content (AvgIpc) is 2.19. The number of rotatable bonds is 4. The van der Waals surface area contributed by atoms with E-state index in [1.165, 1.54) is 6.92 Å². The van der Waals surface area contributed by atoms with Gasteiger partial charge in [0.1, 0.15) is 6.10 Å². The highest BCUT2D eigenvalue weighted by atomic mass is 16.6. The van der Waals surface area contributed by atoms with Gasteiger partial charge in [-0.25, -0.2) is 0 Å². The van der Waals surface area contributed by atoms with Crippen molar-refractivity contribution in [2.45, 2.75) is 64.6 Å². The van der Waals surface area contributed by atoms with Gasteiger partial charge in [0.25, 0.3) is 0 Å². The second-order valence-corrected chi connectivity index (χ2v) is 4.47. The molecule has 1 aliphatic rings. The largest absolute Gasteiger partial charge is 0.460 e. The van der Waals surface area contributed by atoms with Gasteiger partial charge in [0.15, 0.2) is 0 Å². The van der Waals surface area contributed by atoms with Crippen LogP contribution in [0.5, 0.6) is 0 Å². The van der Waals surface area contributed by atoms with Gasteiger partial charge in [-0.1, -0.05) is 19.8 Å². The van der Waals surface area contributed by atoms with Crippen molar-refractivity contribution in [3.63, 3.8) is 0 Å². The highest BCUT2D eigenvalue weighted by Crippen LogP contribution is 2.30. The third-order valence-corrected chi connectivity index (χ3v) is 3.17. The molecule has 3 nitrogen and oxygen atoms in total. The highest BCUT2D eigenvalue weighted by Gasteiger charge is 2.33. The lowest BCUT2D eigenvalue weighted by Gasteiger charge is -2.34. The second-order valence-electron chi connectivity index (χ2n) is 4.47. The van der Waals surface area contributed by atoms with Crippen LogP contribution in [-0.2, 0) is 9.53 Å². The lowest BCUT2D eigenvalue weighted by atomic mass is 9.81. The van der Waals surface area contributed by atoms with E-state index in [2.05, 4.69) is 6.92 Å². The Morgan fingerprint density at radius 2 is 2.20 bits per heavy atom. The van der Waals surface area contributed by atoms with Crippen LogP contribution in [0.2, 0.25) is 0 Å². The molecule has 15 heavy (non-hydrogen) atoms. The first kappa shape index (κ1) is 12.5. The van der Waals surface area contributed by atoms with Crippen LogP contribution < -0.4 is 0 Å². The standard InChI is InChI=1S/C12H22O3/c1-3-4-6-10-7-5-8-11(12(10)14)15-9(2)13/h10-12,14H,3-8H2,1-2H3/t10-,11+,12+/m1/s1. The van der Waals surface area contributed by atoms with Crippen LogP contribution >= 0.6 is 0 Å². The van der Waals surface area contributed by atoms with Crippen molar-refractivity contribution in [2.24, 2.45) is 5.92 Å². The predicted octanol–water partition coefficient (Wildman–Crippen LogP) is 2.27. The second kappa shape index (κ2) is 6.11. The quantitative estimate of drug-likeness (QED) is 0.730. The van der Waals surface area contributed by atoms with E-state index < -0.39 is 6.10 Å². The van der Waals surface area contributed by atoms with E-state index in [0.717, 1.165) is 38.5 Å². The molecular weight excluding hydrogens is 192 g/mol. The van der Waals surface area contributed by atoms with Crippen LogP contribution in [-0.4, -0.2) is 23.3 Å². The number of unbranched alkanes of at least 4 members (excludes halogenated alkanes) is 1. The van der Waals surface area contributed by atoms with E-state index in [1.54, 1.807) is 0 Å². The van der Waals surface area contributed by atoms with E-state index in [9.17, 15) is 9.90 Å². The molecule has 1 saturated carbocycles. The van der Waals surface area contributed by atoms with Crippen molar-refractivity contribution in [3.05, 3.63) is 0 Å². The molecule has 0 saturated heterocycles. The Hall–Kier alpha value is -0.570. The summed E-state index contributed by atoms with van der Waals surface area (Å²) in [5.74, 6) is 0.0400. The molecule has 1 fully saturated rings. The topological polar surface area (TPSA) is 46.5 Å². The molecule has 0 aromatic carbocycles. The van der Waals surface area contributed by atoms with E-state index in [1.807, 2.05) is 0 Å². The summed E-state index contributed by atoms with van der Waals surface area (Å²) >= 11 is 0. The summed E-state index contributed by atoms with van der Waals surface area (Å²) in [6, 6.07) is 0. The molecular formula is C12H22O3. The number of hydrogen-bond donors (Lipinski definition) is 1. The fourth-order valence-corrected chi connectivity index (χ4v) is 2.35. The Kier molecular flexibility index (Phi) is 5.09. The van der Waals surface area contributed by atoms with Gasteiger partial charge >= 0.3 is 5.97 Å². The molecule has 1 aliphatic carbocycles. The van der Waals surface area contributed by atoms with Crippen molar-refractivity contribution in [2.75, 3.05) is 0 Å². The van der Waals surface area contributed by atoms with E-state index in [0.29, 0.717) is 5.92 Å². The van der Waals surface area contributed by atoms with Gasteiger partial charge in [0.2, 0.25) is 0 Å². The van der Waals surface area contributed by atoms with E-state index in [-0.39, 0.29) is 12.1 Å². The van der Waals surface area contributed by atoms with Gasteiger partial charge in [0.05, 0.1) is 6.10 Å². The SMILES string of the molecule is CCCC[C@@H]1CCC[C@H](OC(C)=O)[C@H]1O. The van der Waals surface area contributed by atoms with Crippen LogP contribution in [0.1, 0.15) is 52.4 Å². The number of esters is 1. The van der Waals surface area contributed by atoms with Crippen LogP contribution in [0, 0.1) is 5.92 Å². The van der Waals surface area contributed by atoms with Crippen molar-refractivity contribution >= 4 is 5.97 Å². The molecule has 3 atom stereocenters. The third-order valence-electron chi connectivity index (χ3n) is 3.17. The van der Waals surface area contributed by atoms with Gasteiger partial charge in [-0.15, -0.1) is 0 Å². The lowest BCUT2D eigenvalue weighted by molar-refractivity contribution is -0.158. The molecule has 3 heteroatoms. The Morgan fingerprint density at radius 3 is 2.80 bits per heavy atom. The van der Waals surface area contributed by atoms with Gasteiger partial charge in [0, 0.05) is 6.92 Å². The summed E-state index contributed by atoms with van der Waals surface area (Å²) in [6.07, 6.45) is 5.57. The summed E-state index contributed by atoms with van der Waals surface area (Å²) in [5.41, 5.74) is 0. The maximum Gasteiger partial charge on any atom is 0.302 e. The lowest BCUT2D eigenvalue weighted by Crippen LogP contribution is -2.40. The first-order chi connectivity index (χ1) is 7.15. The fourth-order valence-electron chi connectivity index (χ4n) is 2.35. The van der Waals surface area contributed by atoms with Gasteiger partial charge in [-0.2, -0.15) is 0 Å². The van der Waals surface area contributed by atoms with Crippen molar-refractivity contribution in [3.8, 4) is 0 Å². The maximum atomic E-state index is 10.8. The summed E-state index contributed by atoms with van der Waals surface area (Å²) < 4.78 is 5.12. The number of ether oxygens (including phenoxy) is 1. The van der Waals surface area contributed by atoms with Crippen LogP contribution in [0.4, 0.5) is 0 Å². The Labute approximate surface area is 91.8 Å². The molecule has 0 spiro atoms. The van der Waals surface area contributed by atoms with Crippen LogP contribution in [0.25, 0.3) is 0 Å². The van der Waals surface area contributed by atoms with Crippen LogP contribution in [0.15, 0.2) is 0 Å². The Morgan fingerprint density at radius 1 is 1.47 bits per heavy atom. The molecule has 1 N–H and O–H groups in total. The molecule has 0 aromatic heterocycles. The summed E-state index contributed by atoms with van der Waals surface area (Å²) in [4.78, 5) is 10.8. The highest BCUT2D eigenvalue weighted by molar-refractivity contribution is 5.66. The van der Waals surface area contributed by atoms with E-state index >= 15 is 0 Å². The number of carbonyl (C=O) groups is 1. The minimum atomic E-state index is -0.450. The molecule has 88 valence electrons. The summed E-state index contributed by atoms with van der Waals surface area (Å²) in [6.45, 7) is 3.56. The van der Waals surface area contributed by atoms with Crippen molar-refractivity contribution in [1.82, 2.24) is 0 Å². The Bertz CT molecular complexity index is 203. The fraction of sp³-hybridized carbons (Fsp3) is 0.917. The smallest absolute Gasteiger partial charge is 0.302 e. The normalized spacial score (nSPS) is 31.3. The molecule has 0 aromatic rings. The number of aliphatic hydroxyl groups excluding tert-OH is 1. The summed E-state index contributed by atoms with van der Waals surface area (Å²) in [7, 11) is 0. The molecule has 0 unspecified atom stereocenters. The van der Waals surface area contributed by atoms with Gasteiger partial charge in [-0.3, -0.25) is 4.79 Å². The zero-order valence-electron chi connectivity index (χ0n) is 9.74. The van der Waals surface area contributed by atoms with Crippen LogP contribution in [0.3, 0.4) is 0 Å². The van der Waals surface area contributed by atoms with Crippen molar-refractivity contribution in [1.29, 1.82) is 0 Å². The summed E-state index contributed by atoms with van der Waals surface area (Å²) in [5, 5.41) is 10.0. The Balaban J connectivity index is 2.43. The predicted molar refractivity (Wildman–Crippen MR) is 58.4 cm³/mol. The third kappa shape index (κ3) is 3.82. The first-order valence-corrected chi connectivity index (χ1v) is 6.00. The zero-order valence-corrected chi connectivity index (χ0v) is 9.74. The zero-order chi connectivity index (χ0) is 11.3. The maximum absolute atomic E-state index is 10.8. The molecule has 0 radical (unpaired) electrons. The first-order valence-electron chi connectivity index (χ1n) is 6.00. The number of aliphatic hydroxyl groups is 1. The minimum Gasteiger partial charge on any atom is -0.460 e. The monoisotopic (exact) mass is 214 g/mol. The molecule has 0 aliphatic heterocycles.